The highest BCUT2D eigenvalue weighted by molar-refractivity contribution is 14.0. The molecule has 1 aliphatic heterocycles. The van der Waals surface area contributed by atoms with E-state index in [0.717, 1.165) is 62.3 Å². The molecule has 1 saturated heterocycles. The number of hydrogen-bond donors (Lipinski definition) is 3. The summed E-state index contributed by atoms with van der Waals surface area (Å²) in [7, 11) is 2.17. The van der Waals surface area contributed by atoms with Gasteiger partial charge in [0.25, 0.3) is 0 Å². The van der Waals surface area contributed by atoms with Crippen molar-refractivity contribution in [1.82, 2.24) is 20.4 Å². The van der Waals surface area contributed by atoms with E-state index >= 15 is 0 Å². The maximum absolute atomic E-state index is 10.9. The number of halogens is 1. The van der Waals surface area contributed by atoms with Crippen molar-refractivity contribution in [3.05, 3.63) is 23.2 Å². The molecule has 3 N–H and O–H groups in total. The third-order valence-electron chi connectivity index (χ3n) is 5.24. The molecule has 0 saturated carbocycles. The first-order valence-electron chi connectivity index (χ1n) is 9.97. The van der Waals surface area contributed by atoms with Crippen molar-refractivity contribution in [2.24, 2.45) is 4.99 Å². The van der Waals surface area contributed by atoms with Gasteiger partial charge in [0, 0.05) is 50.9 Å². The number of aryl methyl sites for hydroxylation is 2. The van der Waals surface area contributed by atoms with Crippen molar-refractivity contribution in [2.75, 3.05) is 52.9 Å². The number of aliphatic imine (C=N–C) groups is 1. The number of nitrogens with zero attached hydrogens (tertiary/aromatic N) is 3. The average Bonchev–Trinajstić information content (AvgIpc) is 2.97. The molecule has 8 heteroatoms. The van der Waals surface area contributed by atoms with E-state index in [9.17, 15) is 5.11 Å². The fourth-order valence-corrected chi connectivity index (χ4v) is 3.46. The van der Waals surface area contributed by atoms with Crippen LogP contribution in [-0.4, -0.2) is 79.8 Å². The Hall–Kier alpha value is -0.840. The minimum absolute atomic E-state index is 0. The lowest BCUT2D eigenvalue weighted by Gasteiger charge is -2.36. The normalized spacial score (nSPS) is 19.6. The van der Waals surface area contributed by atoms with Gasteiger partial charge in [0.15, 0.2) is 5.96 Å². The lowest BCUT2D eigenvalue weighted by molar-refractivity contribution is 0.0656. The molecule has 162 valence electrons. The topological polar surface area (TPSA) is 76.3 Å². The average molecular weight is 507 g/mol. The van der Waals surface area contributed by atoms with Gasteiger partial charge in [-0.2, -0.15) is 0 Å². The highest BCUT2D eigenvalue weighted by atomic mass is 127. The maximum Gasteiger partial charge on any atom is 0.191 e. The molecule has 7 nitrogen and oxygen atoms in total. The van der Waals surface area contributed by atoms with Gasteiger partial charge >= 0.3 is 0 Å². The highest BCUT2D eigenvalue weighted by Crippen LogP contribution is 2.27. The summed E-state index contributed by atoms with van der Waals surface area (Å²) in [4.78, 5) is 9.49. The van der Waals surface area contributed by atoms with Crippen LogP contribution in [0.5, 0.6) is 0 Å². The Morgan fingerprint density at radius 1 is 1.29 bits per heavy atom. The Kier molecular flexibility index (Phi) is 10.2. The zero-order valence-electron chi connectivity index (χ0n) is 18.2. The molecule has 28 heavy (non-hydrogen) atoms. The van der Waals surface area contributed by atoms with Gasteiger partial charge in [0.05, 0.1) is 6.54 Å². The molecule has 2 heterocycles. The SMILES string of the molecule is CCNC(=NCC(C)(O)c1cc(C)oc1C)NCC(C)N1CCN(C)CC1.I. The van der Waals surface area contributed by atoms with Crippen molar-refractivity contribution in [2.45, 2.75) is 46.3 Å². The number of aliphatic hydroxyl groups is 1. The molecular formula is C20H38IN5O2. The minimum Gasteiger partial charge on any atom is -0.466 e. The number of piperazine rings is 1. The van der Waals surface area contributed by atoms with Crippen LogP contribution in [0.2, 0.25) is 0 Å². The Balaban J connectivity index is 0.00000392. The number of hydrogen-bond acceptors (Lipinski definition) is 5. The third-order valence-corrected chi connectivity index (χ3v) is 5.24. The molecular weight excluding hydrogens is 469 g/mol. The predicted molar refractivity (Wildman–Crippen MR) is 126 cm³/mol. The monoisotopic (exact) mass is 507 g/mol. The summed E-state index contributed by atoms with van der Waals surface area (Å²) in [6, 6.07) is 2.32. The summed E-state index contributed by atoms with van der Waals surface area (Å²) in [5, 5.41) is 17.6. The standard InChI is InChI=1S/C20H37N5O2.HI/c1-7-21-19(22-13-15(2)25-10-8-24(6)9-11-25)23-14-20(5,26)18-12-16(3)27-17(18)4;/h12,15,26H,7-11,13-14H2,1-6H3,(H2,21,22,23);1H. The Morgan fingerprint density at radius 2 is 1.93 bits per heavy atom. The van der Waals surface area contributed by atoms with Crippen LogP contribution in [0, 0.1) is 13.8 Å². The molecule has 1 aromatic heterocycles. The first kappa shape index (κ1) is 25.2. The number of guanidine groups is 1. The molecule has 1 fully saturated rings. The van der Waals surface area contributed by atoms with E-state index in [4.69, 9.17) is 4.42 Å². The van der Waals surface area contributed by atoms with Crippen molar-refractivity contribution < 1.29 is 9.52 Å². The molecule has 1 aliphatic rings. The van der Waals surface area contributed by atoms with Crippen molar-refractivity contribution in [1.29, 1.82) is 0 Å². The van der Waals surface area contributed by atoms with Crippen LogP contribution >= 0.6 is 24.0 Å². The minimum atomic E-state index is -1.06. The van der Waals surface area contributed by atoms with Gasteiger partial charge in [-0.1, -0.05) is 0 Å². The second kappa shape index (κ2) is 11.4. The molecule has 0 bridgehead atoms. The van der Waals surface area contributed by atoms with Crippen molar-refractivity contribution in [3.63, 3.8) is 0 Å². The summed E-state index contributed by atoms with van der Waals surface area (Å²) < 4.78 is 5.56. The van der Waals surface area contributed by atoms with E-state index in [1.54, 1.807) is 6.92 Å². The summed E-state index contributed by atoms with van der Waals surface area (Å²) in [6.45, 7) is 16.1. The smallest absolute Gasteiger partial charge is 0.191 e. The molecule has 0 spiro atoms. The van der Waals surface area contributed by atoms with E-state index in [0.29, 0.717) is 6.04 Å². The van der Waals surface area contributed by atoms with Gasteiger partial charge in [-0.05, 0) is 47.7 Å². The van der Waals surface area contributed by atoms with E-state index in [1.807, 2.05) is 26.8 Å². The van der Waals surface area contributed by atoms with E-state index in [1.165, 1.54) is 0 Å². The molecule has 2 atom stereocenters. The number of rotatable bonds is 7. The summed E-state index contributed by atoms with van der Waals surface area (Å²) in [5.41, 5.74) is -0.266. The molecule has 0 aromatic carbocycles. The molecule has 2 unspecified atom stereocenters. The van der Waals surface area contributed by atoms with Crippen LogP contribution < -0.4 is 10.6 Å². The third kappa shape index (κ3) is 7.20. The van der Waals surface area contributed by atoms with Crippen molar-refractivity contribution >= 4 is 29.9 Å². The second-order valence-corrected chi connectivity index (χ2v) is 7.87. The number of likely N-dealkylation sites (N-methyl/N-ethyl adjacent to an activating group) is 1. The Bertz CT molecular complexity index is 624. The first-order chi connectivity index (χ1) is 12.7. The van der Waals surface area contributed by atoms with Crippen LogP contribution in [0.25, 0.3) is 0 Å². The number of furan rings is 1. The first-order valence-corrected chi connectivity index (χ1v) is 9.97. The van der Waals surface area contributed by atoms with Crippen molar-refractivity contribution in [3.8, 4) is 0 Å². The van der Waals surface area contributed by atoms with Gasteiger partial charge in [-0.25, -0.2) is 4.99 Å². The Labute approximate surface area is 187 Å². The van der Waals surface area contributed by atoms with Crippen LogP contribution in [0.4, 0.5) is 0 Å². The van der Waals surface area contributed by atoms with Crippen LogP contribution in [0.3, 0.4) is 0 Å². The van der Waals surface area contributed by atoms with Gasteiger partial charge in [0.2, 0.25) is 0 Å². The Morgan fingerprint density at radius 3 is 2.46 bits per heavy atom. The molecule has 2 rings (SSSR count). The summed E-state index contributed by atoms with van der Waals surface area (Å²) in [6.07, 6.45) is 0. The second-order valence-electron chi connectivity index (χ2n) is 7.87. The highest BCUT2D eigenvalue weighted by Gasteiger charge is 2.27. The fourth-order valence-electron chi connectivity index (χ4n) is 3.46. The predicted octanol–water partition coefficient (Wildman–Crippen LogP) is 1.91. The maximum atomic E-state index is 10.9. The summed E-state index contributed by atoms with van der Waals surface area (Å²) in [5.74, 6) is 2.28. The lowest BCUT2D eigenvalue weighted by Crippen LogP contribution is -2.52. The molecule has 1 aromatic rings. The van der Waals surface area contributed by atoms with Crippen LogP contribution in [-0.2, 0) is 5.60 Å². The van der Waals surface area contributed by atoms with Gasteiger partial charge < -0.3 is 25.1 Å². The molecule has 0 radical (unpaired) electrons. The van der Waals surface area contributed by atoms with Gasteiger partial charge in [-0.15, -0.1) is 24.0 Å². The zero-order chi connectivity index (χ0) is 20.0. The quantitative estimate of drug-likeness (QED) is 0.298. The van der Waals surface area contributed by atoms with Crippen LogP contribution in [0.15, 0.2) is 15.5 Å². The summed E-state index contributed by atoms with van der Waals surface area (Å²) >= 11 is 0. The van der Waals surface area contributed by atoms with E-state index in [2.05, 4.69) is 39.4 Å². The lowest BCUT2D eigenvalue weighted by atomic mass is 9.96. The molecule has 0 amide bonds. The zero-order valence-corrected chi connectivity index (χ0v) is 20.5. The number of nitrogens with one attached hydrogen (secondary N) is 2. The van der Waals surface area contributed by atoms with E-state index in [-0.39, 0.29) is 30.5 Å². The largest absolute Gasteiger partial charge is 0.466 e. The fraction of sp³-hybridized carbons (Fsp3) is 0.750. The van der Waals surface area contributed by atoms with Gasteiger partial charge in [0.1, 0.15) is 17.1 Å². The van der Waals surface area contributed by atoms with Gasteiger partial charge in [-0.3, -0.25) is 4.90 Å². The van der Waals surface area contributed by atoms with E-state index < -0.39 is 5.60 Å². The molecule has 0 aliphatic carbocycles. The van der Waals surface area contributed by atoms with Crippen LogP contribution in [0.1, 0.15) is 37.9 Å².